The van der Waals surface area contributed by atoms with Crippen LogP contribution in [0, 0.1) is 11.3 Å². The monoisotopic (exact) mass is 217 g/mol. The maximum absolute atomic E-state index is 10.7. The molecule has 0 aliphatic rings. The standard InChI is InChI=1S/C10H19NO4/c1-10(2,3)6-11-5-7(9(14)15)4-8(12)13/h7,11H,4-6H2,1-3H3,(H,12,13)(H,14,15). The number of carboxylic acid groups (broad SMARTS) is 2. The molecule has 5 heteroatoms. The molecule has 3 N–H and O–H groups in total. The fraction of sp³-hybridized carbons (Fsp3) is 0.800. The molecule has 0 saturated carbocycles. The summed E-state index contributed by atoms with van der Waals surface area (Å²) < 4.78 is 0. The van der Waals surface area contributed by atoms with E-state index in [1.807, 2.05) is 20.8 Å². The number of carboxylic acids is 2. The fourth-order valence-corrected chi connectivity index (χ4v) is 1.08. The Morgan fingerprint density at radius 1 is 1.27 bits per heavy atom. The van der Waals surface area contributed by atoms with E-state index in [2.05, 4.69) is 5.32 Å². The van der Waals surface area contributed by atoms with Gasteiger partial charge in [-0.1, -0.05) is 20.8 Å². The second kappa shape index (κ2) is 5.70. The summed E-state index contributed by atoms with van der Waals surface area (Å²) in [6.45, 7) is 6.92. The molecule has 0 aliphatic carbocycles. The van der Waals surface area contributed by atoms with Gasteiger partial charge in [0.15, 0.2) is 0 Å². The Labute approximate surface area is 89.5 Å². The lowest BCUT2D eigenvalue weighted by Gasteiger charge is -2.20. The van der Waals surface area contributed by atoms with Crippen molar-refractivity contribution in [3.8, 4) is 0 Å². The molecule has 0 spiro atoms. The zero-order valence-electron chi connectivity index (χ0n) is 9.41. The molecular weight excluding hydrogens is 198 g/mol. The Bertz CT molecular complexity index is 232. The molecule has 15 heavy (non-hydrogen) atoms. The van der Waals surface area contributed by atoms with E-state index in [-0.39, 0.29) is 18.4 Å². The topological polar surface area (TPSA) is 86.6 Å². The SMILES string of the molecule is CC(C)(C)CNCC(CC(=O)O)C(=O)O. The van der Waals surface area contributed by atoms with Crippen molar-refractivity contribution >= 4 is 11.9 Å². The fourth-order valence-electron chi connectivity index (χ4n) is 1.08. The van der Waals surface area contributed by atoms with E-state index in [0.29, 0.717) is 6.54 Å². The number of hydrogen-bond acceptors (Lipinski definition) is 3. The maximum Gasteiger partial charge on any atom is 0.308 e. The van der Waals surface area contributed by atoms with Crippen LogP contribution in [0.15, 0.2) is 0 Å². The highest BCUT2D eigenvalue weighted by Gasteiger charge is 2.21. The second-order valence-corrected chi connectivity index (χ2v) is 4.82. The molecule has 88 valence electrons. The third-order valence-corrected chi connectivity index (χ3v) is 1.82. The van der Waals surface area contributed by atoms with Crippen LogP contribution in [0.3, 0.4) is 0 Å². The second-order valence-electron chi connectivity index (χ2n) is 4.82. The van der Waals surface area contributed by atoms with E-state index in [4.69, 9.17) is 10.2 Å². The minimum Gasteiger partial charge on any atom is -0.481 e. The zero-order valence-corrected chi connectivity index (χ0v) is 9.41. The van der Waals surface area contributed by atoms with Gasteiger partial charge in [0.1, 0.15) is 0 Å². The van der Waals surface area contributed by atoms with Gasteiger partial charge in [-0.2, -0.15) is 0 Å². The van der Waals surface area contributed by atoms with Gasteiger partial charge >= 0.3 is 11.9 Å². The average molecular weight is 217 g/mol. The maximum atomic E-state index is 10.7. The molecule has 1 atom stereocenters. The smallest absolute Gasteiger partial charge is 0.308 e. The lowest BCUT2D eigenvalue weighted by Crippen LogP contribution is -2.35. The first-order valence-corrected chi connectivity index (χ1v) is 4.87. The molecule has 0 aliphatic heterocycles. The van der Waals surface area contributed by atoms with Gasteiger partial charge in [0.05, 0.1) is 12.3 Å². The van der Waals surface area contributed by atoms with Gasteiger partial charge in [-0.15, -0.1) is 0 Å². The largest absolute Gasteiger partial charge is 0.481 e. The number of hydrogen-bond donors (Lipinski definition) is 3. The van der Waals surface area contributed by atoms with E-state index >= 15 is 0 Å². The van der Waals surface area contributed by atoms with Crippen molar-refractivity contribution in [3.05, 3.63) is 0 Å². The molecule has 0 radical (unpaired) electrons. The van der Waals surface area contributed by atoms with Crippen molar-refractivity contribution in [1.82, 2.24) is 5.32 Å². The predicted octanol–water partition coefficient (Wildman–Crippen LogP) is 0.798. The van der Waals surface area contributed by atoms with Gasteiger partial charge < -0.3 is 15.5 Å². The van der Waals surface area contributed by atoms with Crippen molar-refractivity contribution in [2.24, 2.45) is 11.3 Å². The normalized spacial score (nSPS) is 13.5. The Balaban J connectivity index is 3.98. The molecular formula is C10H19NO4. The first-order chi connectivity index (χ1) is 6.72. The van der Waals surface area contributed by atoms with Crippen LogP contribution in [0.5, 0.6) is 0 Å². The molecule has 1 unspecified atom stereocenters. The Kier molecular flexibility index (Phi) is 5.28. The van der Waals surface area contributed by atoms with E-state index in [9.17, 15) is 9.59 Å². The van der Waals surface area contributed by atoms with Crippen LogP contribution in [0.4, 0.5) is 0 Å². The Morgan fingerprint density at radius 3 is 2.13 bits per heavy atom. The van der Waals surface area contributed by atoms with Crippen LogP contribution in [0.1, 0.15) is 27.2 Å². The number of rotatable bonds is 6. The molecule has 0 aromatic carbocycles. The van der Waals surface area contributed by atoms with Gasteiger partial charge in [0, 0.05) is 13.1 Å². The Morgan fingerprint density at radius 2 is 1.80 bits per heavy atom. The van der Waals surface area contributed by atoms with Crippen molar-refractivity contribution in [3.63, 3.8) is 0 Å². The summed E-state index contributed by atoms with van der Waals surface area (Å²) in [4.78, 5) is 21.1. The summed E-state index contributed by atoms with van der Waals surface area (Å²) in [6.07, 6.45) is -0.341. The molecule has 0 fully saturated rings. The van der Waals surface area contributed by atoms with E-state index < -0.39 is 17.9 Å². The van der Waals surface area contributed by atoms with Crippen molar-refractivity contribution in [2.75, 3.05) is 13.1 Å². The van der Waals surface area contributed by atoms with Crippen LogP contribution in [0.25, 0.3) is 0 Å². The average Bonchev–Trinajstić information content (AvgIpc) is 1.99. The highest BCUT2D eigenvalue weighted by Crippen LogP contribution is 2.11. The lowest BCUT2D eigenvalue weighted by atomic mass is 9.96. The van der Waals surface area contributed by atoms with Gasteiger partial charge in [-0.25, -0.2) is 0 Å². The highest BCUT2D eigenvalue weighted by atomic mass is 16.4. The van der Waals surface area contributed by atoms with Crippen LogP contribution in [-0.2, 0) is 9.59 Å². The first kappa shape index (κ1) is 13.9. The van der Waals surface area contributed by atoms with Gasteiger partial charge in [0.2, 0.25) is 0 Å². The summed E-state index contributed by atoms with van der Waals surface area (Å²) in [5, 5.41) is 20.2. The van der Waals surface area contributed by atoms with Crippen molar-refractivity contribution < 1.29 is 19.8 Å². The van der Waals surface area contributed by atoms with E-state index in [0.717, 1.165) is 0 Å². The summed E-state index contributed by atoms with van der Waals surface area (Å²) in [7, 11) is 0. The molecule has 0 amide bonds. The van der Waals surface area contributed by atoms with Gasteiger partial charge in [-0.05, 0) is 5.41 Å². The summed E-state index contributed by atoms with van der Waals surface area (Å²) >= 11 is 0. The molecule has 0 saturated heterocycles. The molecule has 5 nitrogen and oxygen atoms in total. The first-order valence-electron chi connectivity index (χ1n) is 4.87. The summed E-state index contributed by atoms with van der Waals surface area (Å²) in [6, 6.07) is 0. The Hall–Kier alpha value is -1.10. The third kappa shape index (κ3) is 7.93. The van der Waals surface area contributed by atoms with Crippen LogP contribution >= 0.6 is 0 Å². The molecule has 0 rings (SSSR count). The summed E-state index contributed by atoms with van der Waals surface area (Å²) in [5.74, 6) is -3.01. The number of nitrogens with one attached hydrogen (secondary N) is 1. The quantitative estimate of drug-likeness (QED) is 0.612. The molecule has 0 bridgehead atoms. The van der Waals surface area contributed by atoms with Crippen molar-refractivity contribution in [1.29, 1.82) is 0 Å². The van der Waals surface area contributed by atoms with Gasteiger partial charge in [-0.3, -0.25) is 9.59 Å². The van der Waals surface area contributed by atoms with Crippen LogP contribution in [-0.4, -0.2) is 35.2 Å². The minimum atomic E-state index is -1.08. The predicted molar refractivity (Wildman–Crippen MR) is 55.7 cm³/mol. The zero-order chi connectivity index (χ0) is 12.1. The molecule has 0 aromatic rings. The van der Waals surface area contributed by atoms with E-state index in [1.54, 1.807) is 0 Å². The van der Waals surface area contributed by atoms with Crippen LogP contribution in [0.2, 0.25) is 0 Å². The van der Waals surface area contributed by atoms with Crippen LogP contribution < -0.4 is 5.32 Å². The summed E-state index contributed by atoms with van der Waals surface area (Å²) in [5.41, 5.74) is 0.0618. The molecule has 0 aromatic heterocycles. The van der Waals surface area contributed by atoms with Crippen molar-refractivity contribution in [2.45, 2.75) is 27.2 Å². The molecule has 0 heterocycles. The van der Waals surface area contributed by atoms with Gasteiger partial charge in [0.25, 0.3) is 0 Å². The highest BCUT2D eigenvalue weighted by molar-refractivity contribution is 5.77. The minimum absolute atomic E-state index is 0.0618. The number of carbonyl (C=O) groups is 2. The third-order valence-electron chi connectivity index (χ3n) is 1.82. The lowest BCUT2D eigenvalue weighted by molar-refractivity contribution is -0.148. The number of aliphatic carboxylic acids is 2. The van der Waals surface area contributed by atoms with E-state index in [1.165, 1.54) is 0 Å².